The summed E-state index contributed by atoms with van der Waals surface area (Å²) in [6, 6.07) is 10.2. The highest BCUT2D eigenvalue weighted by molar-refractivity contribution is 5.20. The molecular weight excluding hydrogens is 184 g/mol. The molecule has 15 heavy (non-hydrogen) atoms. The largest absolute Gasteiger partial charge is 0.366 e. The Morgan fingerprint density at radius 3 is 2.67 bits per heavy atom. The summed E-state index contributed by atoms with van der Waals surface area (Å²) in [5.41, 5.74) is 0.799. The molecule has 0 aromatic heterocycles. The zero-order valence-electron chi connectivity index (χ0n) is 8.73. The van der Waals surface area contributed by atoms with Gasteiger partial charge in [0.05, 0.1) is 12.2 Å². The Morgan fingerprint density at radius 1 is 1.20 bits per heavy atom. The summed E-state index contributed by atoms with van der Waals surface area (Å²) in [7, 11) is 0. The average Bonchev–Trinajstić information content (AvgIpc) is 2.29. The lowest BCUT2D eigenvalue weighted by molar-refractivity contribution is 0.0142. The molecule has 2 rings (SSSR count). The molecular formula is C14H15O. The minimum absolute atomic E-state index is 0.384. The highest BCUT2D eigenvalue weighted by Gasteiger charge is 2.21. The van der Waals surface area contributed by atoms with Gasteiger partial charge in [-0.15, -0.1) is 0 Å². The van der Waals surface area contributed by atoms with E-state index in [1.807, 2.05) is 36.4 Å². The monoisotopic (exact) mass is 199 g/mol. The first-order valence-corrected chi connectivity index (χ1v) is 5.16. The molecule has 1 heteroatoms. The molecule has 77 valence electrons. The Balaban J connectivity index is 1.93. The van der Waals surface area contributed by atoms with Crippen LogP contribution in [0.25, 0.3) is 0 Å². The molecule has 0 N–H and O–H groups in total. The van der Waals surface area contributed by atoms with Gasteiger partial charge in [-0.25, -0.2) is 0 Å². The number of hydrogen-bond donors (Lipinski definition) is 0. The van der Waals surface area contributed by atoms with Crippen LogP contribution in [-0.4, -0.2) is 5.60 Å². The lowest BCUT2D eigenvalue weighted by Crippen LogP contribution is -2.26. The van der Waals surface area contributed by atoms with Crippen molar-refractivity contribution in [2.75, 3.05) is 0 Å². The summed E-state index contributed by atoms with van der Waals surface area (Å²) in [4.78, 5) is 0. The fourth-order valence-electron chi connectivity index (χ4n) is 1.55. The van der Waals surface area contributed by atoms with Gasteiger partial charge in [0.1, 0.15) is 0 Å². The molecule has 0 saturated heterocycles. The van der Waals surface area contributed by atoms with Crippen LogP contribution in [0.5, 0.6) is 0 Å². The first-order chi connectivity index (χ1) is 7.29. The van der Waals surface area contributed by atoms with Crippen molar-refractivity contribution in [2.45, 2.75) is 18.6 Å². The van der Waals surface area contributed by atoms with Gasteiger partial charge in [0.15, 0.2) is 0 Å². The van der Waals surface area contributed by atoms with Gasteiger partial charge in [0, 0.05) is 0 Å². The average molecular weight is 199 g/mol. The van der Waals surface area contributed by atoms with Crippen LogP contribution in [0.15, 0.2) is 54.6 Å². The lowest BCUT2D eigenvalue weighted by atomic mass is 9.97. The van der Waals surface area contributed by atoms with Gasteiger partial charge in [0.2, 0.25) is 0 Å². The van der Waals surface area contributed by atoms with E-state index in [0.717, 1.165) is 6.42 Å². The van der Waals surface area contributed by atoms with E-state index in [4.69, 9.17) is 4.74 Å². The van der Waals surface area contributed by atoms with E-state index in [1.165, 1.54) is 5.56 Å². The Labute approximate surface area is 91.1 Å². The van der Waals surface area contributed by atoms with E-state index in [-0.39, 0.29) is 5.60 Å². The predicted molar refractivity (Wildman–Crippen MR) is 62.2 cm³/mol. The van der Waals surface area contributed by atoms with Crippen LogP contribution in [-0.2, 0) is 11.3 Å². The summed E-state index contributed by atoms with van der Waals surface area (Å²) in [5.74, 6) is 0. The first-order valence-electron chi connectivity index (χ1n) is 5.16. The van der Waals surface area contributed by atoms with E-state index in [2.05, 4.69) is 25.1 Å². The third-order valence-electron chi connectivity index (χ3n) is 2.48. The first kappa shape index (κ1) is 10.2. The summed E-state index contributed by atoms with van der Waals surface area (Å²) < 4.78 is 5.81. The molecule has 0 spiro atoms. The smallest absolute Gasteiger partial charge is 0.0905 e. The van der Waals surface area contributed by atoms with Crippen molar-refractivity contribution < 1.29 is 4.74 Å². The maximum Gasteiger partial charge on any atom is 0.0905 e. The minimum atomic E-state index is -0.384. The van der Waals surface area contributed by atoms with Crippen molar-refractivity contribution >= 4 is 0 Å². The molecule has 1 aromatic carbocycles. The van der Waals surface area contributed by atoms with Crippen LogP contribution in [0.2, 0.25) is 0 Å². The van der Waals surface area contributed by atoms with E-state index in [1.54, 1.807) is 0 Å². The fourth-order valence-corrected chi connectivity index (χ4v) is 1.55. The number of allylic oxidation sites excluding steroid dienone is 2. The highest BCUT2D eigenvalue weighted by atomic mass is 16.5. The molecule has 0 fully saturated rings. The molecule has 1 aliphatic carbocycles. The van der Waals surface area contributed by atoms with Crippen molar-refractivity contribution in [3.05, 3.63) is 67.1 Å². The van der Waals surface area contributed by atoms with E-state index >= 15 is 0 Å². The molecule has 1 radical (unpaired) electrons. The second-order valence-electron chi connectivity index (χ2n) is 3.83. The molecule has 0 bridgehead atoms. The van der Waals surface area contributed by atoms with Crippen LogP contribution in [0.4, 0.5) is 0 Å². The summed E-state index contributed by atoms with van der Waals surface area (Å²) in [6.07, 6.45) is 8.95. The summed E-state index contributed by atoms with van der Waals surface area (Å²) >= 11 is 0. The fraction of sp³-hybridized carbons (Fsp3) is 0.214. The van der Waals surface area contributed by atoms with Gasteiger partial charge >= 0.3 is 0 Å². The van der Waals surface area contributed by atoms with Crippen molar-refractivity contribution in [3.8, 4) is 0 Å². The zero-order chi connectivity index (χ0) is 10.6. The molecule has 0 aliphatic heterocycles. The van der Waals surface area contributed by atoms with Crippen molar-refractivity contribution in [1.29, 1.82) is 0 Å². The van der Waals surface area contributed by atoms with E-state index < -0.39 is 0 Å². The second-order valence-corrected chi connectivity index (χ2v) is 3.83. The molecule has 0 saturated carbocycles. The van der Waals surface area contributed by atoms with Crippen LogP contribution in [0.3, 0.4) is 0 Å². The minimum Gasteiger partial charge on any atom is -0.366 e. The highest BCUT2D eigenvalue weighted by Crippen LogP contribution is 2.22. The van der Waals surface area contributed by atoms with Crippen LogP contribution < -0.4 is 0 Å². The molecule has 1 aromatic rings. The van der Waals surface area contributed by atoms with Gasteiger partial charge in [-0.3, -0.25) is 0 Å². The second kappa shape index (κ2) is 4.45. The van der Waals surface area contributed by atoms with E-state index in [9.17, 15) is 0 Å². The standard InChI is InChI=1S/C14H15O/c1-14(10-6-3-7-11-14)15-12-13-8-4-2-5-9-13/h2-10H,1,11-12H2. The van der Waals surface area contributed by atoms with Gasteiger partial charge in [0.25, 0.3) is 0 Å². The number of benzene rings is 1. The maximum absolute atomic E-state index is 5.81. The van der Waals surface area contributed by atoms with Crippen molar-refractivity contribution in [2.24, 2.45) is 0 Å². The molecule has 1 atom stereocenters. The zero-order valence-corrected chi connectivity index (χ0v) is 8.73. The van der Waals surface area contributed by atoms with Crippen LogP contribution in [0, 0.1) is 6.92 Å². The van der Waals surface area contributed by atoms with Gasteiger partial charge in [-0.1, -0.05) is 54.6 Å². The number of hydrogen-bond acceptors (Lipinski definition) is 1. The predicted octanol–water partition coefficient (Wildman–Crippen LogP) is 3.29. The quantitative estimate of drug-likeness (QED) is 0.725. The normalized spacial score (nSPS) is 24.3. The molecule has 1 nitrogen and oxygen atoms in total. The molecule has 0 amide bonds. The number of rotatable bonds is 3. The van der Waals surface area contributed by atoms with Crippen LogP contribution >= 0.6 is 0 Å². The Morgan fingerprint density at radius 2 is 2.00 bits per heavy atom. The Kier molecular flexibility index (Phi) is 3.02. The third-order valence-corrected chi connectivity index (χ3v) is 2.48. The molecule has 1 aliphatic rings. The Hall–Kier alpha value is -1.34. The topological polar surface area (TPSA) is 9.23 Å². The SMILES string of the molecule is [CH2]C1(OCc2ccccc2)C=CC=CC1. The van der Waals surface area contributed by atoms with Gasteiger partial charge in [-0.2, -0.15) is 0 Å². The summed E-state index contributed by atoms with van der Waals surface area (Å²) in [6.45, 7) is 4.70. The van der Waals surface area contributed by atoms with Crippen molar-refractivity contribution in [1.82, 2.24) is 0 Å². The van der Waals surface area contributed by atoms with Gasteiger partial charge in [-0.05, 0) is 18.9 Å². The Bertz CT molecular complexity index is 364. The van der Waals surface area contributed by atoms with Crippen LogP contribution in [0.1, 0.15) is 12.0 Å². The molecule has 0 heterocycles. The van der Waals surface area contributed by atoms with Gasteiger partial charge < -0.3 is 4.74 Å². The number of ether oxygens (including phenoxy) is 1. The van der Waals surface area contributed by atoms with E-state index in [0.29, 0.717) is 6.61 Å². The lowest BCUT2D eigenvalue weighted by Gasteiger charge is -2.26. The maximum atomic E-state index is 5.81. The third kappa shape index (κ3) is 2.80. The molecule has 1 unspecified atom stereocenters. The summed E-state index contributed by atoms with van der Waals surface area (Å²) in [5, 5.41) is 0. The van der Waals surface area contributed by atoms with Crippen molar-refractivity contribution in [3.63, 3.8) is 0 Å².